The van der Waals surface area contributed by atoms with Crippen molar-refractivity contribution < 1.29 is 0 Å². The lowest BCUT2D eigenvalue weighted by atomic mass is 10.6. The molecule has 0 radical (unpaired) electrons. The lowest BCUT2D eigenvalue weighted by Crippen LogP contribution is -1.93. The van der Waals surface area contributed by atoms with Crippen LogP contribution in [0.3, 0.4) is 0 Å². The van der Waals surface area contributed by atoms with Gasteiger partial charge in [0.2, 0.25) is 0 Å². The molecule has 1 heterocycles. The number of nitrogens with zero attached hydrogens (tertiary/aromatic N) is 1. The van der Waals surface area contributed by atoms with Crippen LogP contribution in [0.4, 0.5) is 5.13 Å². The van der Waals surface area contributed by atoms with Gasteiger partial charge >= 0.3 is 0 Å². The normalized spacial score (nSPS) is 10.1. The van der Waals surface area contributed by atoms with Crippen molar-refractivity contribution in [2.45, 2.75) is 5.75 Å². The molecule has 0 fully saturated rings. The van der Waals surface area contributed by atoms with E-state index in [0.29, 0.717) is 5.13 Å². The molecule has 5 heteroatoms. The van der Waals surface area contributed by atoms with Gasteiger partial charge in [-0.15, -0.1) is 11.3 Å². The zero-order valence-corrected chi connectivity index (χ0v) is 7.26. The largest absolute Gasteiger partial charge is 0.375 e. The van der Waals surface area contributed by atoms with Crippen molar-refractivity contribution in [1.29, 1.82) is 0 Å². The third kappa shape index (κ3) is 2.17. The molecule has 1 rings (SSSR count). The number of hydrogen-bond acceptors (Lipinski definition) is 5. The summed E-state index contributed by atoms with van der Waals surface area (Å²) in [5.74, 6) is 0.879. The van der Waals surface area contributed by atoms with E-state index in [4.69, 9.17) is 5.73 Å². The first-order valence-electron chi connectivity index (χ1n) is 2.81. The summed E-state index contributed by atoms with van der Waals surface area (Å²) in [7, 11) is 1.89. The van der Waals surface area contributed by atoms with E-state index in [9.17, 15) is 0 Å². The van der Waals surface area contributed by atoms with Gasteiger partial charge in [0.25, 0.3) is 0 Å². The highest BCUT2D eigenvalue weighted by atomic mass is 32.2. The predicted octanol–water partition coefficient (Wildman–Crippen LogP) is 1.09. The third-order valence-corrected chi connectivity index (χ3v) is 2.39. The highest BCUT2D eigenvalue weighted by Gasteiger charge is 1.96. The highest BCUT2D eigenvalue weighted by Crippen LogP contribution is 2.14. The van der Waals surface area contributed by atoms with Crippen molar-refractivity contribution in [1.82, 2.24) is 9.71 Å². The molecule has 1 aromatic rings. The Balaban J connectivity index is 2.42. The van der Waals surface area contributed by atoms with Gasteiger partial charge in [0.05, 0.1) is 11.4 Å². The molecule has 3 nitrogen and oxygen atoms in total. The Kier molecular flexibility index (Phi) is 2.98. The number of aromatic nitrogens is 1. The molecule has 0 aromatic carbocycles. The van der Waals surface area contributed by atoms with Gasteiger partial charge in [0, 0.05) is 5.38 Å². The maximum Gasteiger partial charge on any atom is 0.180 e. The van der Waals surface area contributed by atoms with E-state index < -0.39 is 0 Å². The standard InChI is InChI=1S/C5H9N3S2/c1-7-10-3-4-2-9-5(6)8-4/h2,7H,3H2,1H3,(H2,6,8). The minimum atomic E-state index is 0.645. The molecule has 0 bridgehead atoms. The first kappa shape index (κ1) is 7.84. The number of nitrogens with two attached hydrogens (primary N) is 1. The van der Waals surface area contributed by atoms with E-state index in [-0.39, 0.29) is 0 Å². The fraction of sp³-hybridized carbons (Fsp3) is 0.400. The summed E-state index contributed by atoms with van der Waals surface area (Å²) >= 11 is 3.09. The molecule has 0 saturated carbocycles. The monoisotopic (exact) mass is 175 g/mol. The Bertz CT molecular complexity index is 199. The molecule has 0 spiro atoms. The fourth-order valence-electron chi connectivity index (χ4n) is 0.535. The second kappa shape index (κ2) is 3.80. The van der Waals surface area contributed by atoms with Gasteiger partial charge in [-0.1, -0.05) is 11.9 Å². The van der Waals surface area contributed by atoms with E-state index >= 15 is 0 Å². The average molecular weight is 175 g/mol. The van der Waals surface area contributed by atoms with E-state index in [1.54, 1.807) is 11.9 Å². The predicted molar refractivity (Wildman–Crippen MR) is 46.9 cm³/mol. The molecular formula is C5H9N3S2. The van der Waals surface area contributed by atoms with Crippen LogP contribution in [0, 0.1) is 0 Å². The van der Waals surface area contributed by atoms with Crippen LogP contribution in [0.15, 0.2) is 5.38 Å². The summed E-state index contributed by atoms with van der Waals surface area (Å²) in [6.07, 6.45) is 0. The van der Waals surface area contributed by atoms with Crippen molar-refractivity contribution in [2.75, 3.05) is 12.8 Å². The van der Waals surface area contributed by atoms with E-state index in [0.717, 1.165) is 11.4 Å². The maximum absolute atomic E-state index is 5.43. The molecule has 1 aromatic heterocycles. The second-order valence-corrected chi connectivity index (χ2v) is 3.55. The summed E-state index contributed by atoms with van der Waals surface area (Å²) < 4.78 is 2.97. The Morgan fingerprint density at radius 2 is 2.70 bits per heavy atom. The van der Waals surface area contributed by atoms with Gasteiger partial charge < -0.3 is 5.73 Å². The van der Waals surface area contributed by atoms with Crippen molar-refractivity contribution in [3.63, 3.8) is 0 Å². The molecule has 10 heavy (non-hydrogen) atoms. The van der Waals surface area contributed by atoms with Crippen LogP contribution in [0.2, 0.25) is 0 Å². The summed E-state index contributed by atoms with van der Waals surface area (Å²) in [5, 5.41) is 2.62. The van der Waals surface area contributed by atoms with Gasteiger partial charge in [0.15, 0.2) is 5.13 Å². The number of thiazole rings is 1. The molecule has 56 valence electrons. The molecule has 0 aliphatic rings. The molecule has 0 atom stereocenters. The average Bonchev–Trinajstić information content (AvgIpc) is 2.31. The molecule has 0 aliphatic carbocycles. The van der Waals surface area contributed by atoms with E-state index in [2.05, 4.69) is 9.71 Å². The Hall–Kier alpha value is -0.260. The minimum absolute atomic E-state index is 0.645. The lowest BCUT2D eigenvalue weighted by molar-refractivity contribution is 1.21. The topological polar surface area (TPSA) is 50.9 Å². The number of rotatable bonds is 3. The van der Waals surface area contributed by atoms with Crippen LogP contribution in [0.1, 0.15) is 5.69 Å². The Morgan fingerprint density at radius 3 is 3.20 bits per heavy atom. The number of nitrogen functional groups attached to an aromatic ring is 1. The molecule has 3 N–H and O–H groups in total. The number of nitrogens with one attached hydrogen (secondary N) is 1. The maximum atomic E-state index is 5.43. The molecule has 0 unspecified atom stereocenters. The molecule has 0 saturated heterocycles. The fourth-order valence-corrected chi connectivity index (χ4v) is 1.64. The lowest BCUT2D eigenvalue weighted by Gasteiger charge is -1.91. The first-order valence-corrected chi connectivity index (χ1v) is 4.68. The highest BCUT2D eigenvalue weighted by molar-refractivity contribution is 7.96. The molecular weight excluding hydrogens is 166 g/mol. The SMILES string of the molecule is CNSCc1csc(N)n1. The quantitative estimate of drug-likeness (QED) is 0.675. The zero-order valence-electron chi connectivity index (χ0n) is 5.63. The Morgan fingerprint density at radius 1 is 1.90 bits per heavy atom. The van der Waals surface area contributed by atoms with Crippen molar-refractivity contribution in [3.8, 4) is 0 Å². The Labute approximate surface area is 68.2 Å². The van der Waals surface area contributed by atoms with Gasteiger partial charge in [-0.3, -0.25) is 4.72 Å². The summed E-state index contributed by atoms with van der Waals surface area (Å²) in [5.41, 5.74) is 6.47. The van der Waals surface area contributed by atoms with E-state index in [1.165, 1.54) is 11.3 Å². The van der Waals surface area contributed by atoms with Crippen LogP contribution in [0.5, 0.6) is 0 Å². The van der Waals surface area contributed by atoms with Crippen LogP contribution in [-0.4, -0.2) is 12.0 Å². The van der Waals surface area contributed by atoms with Crippen molar-refractivity contribution in [2.24, 2.45) is 0 Å². The van der Waals surface area contributed by atoms with Gasteiger partial charge in [-0.2, -0.15) is 0 Å². The molecule has 0 aliphatic heterocycles. The summed E-state index contributed by atoms with van der Waals surface area (Å²) in [4.78, 5) is 4.08. The summed E-state index contributed by atoms with van der Waals surface area (Å²) in [6.45, 7) is 0. The van der Waals surface area contributed by atoms with Crippen LogP contribution < -0.4 is 10.5 Å². The van der Waals surface area contributed by atoms with Crippen LogP contribution in [-0.2, 0) is 5.75 Å². The van der Waals surface area contributed by atoms with Crippen LogP contribution in [0.25, 0.3) is 0 Å². The van der Waals surface area contributed by atoms with Crippen molar-refractivity contribution in [3.05, 3.63) is 11.1 Å². The number of hydrogen-bond donors (Lipinski definition) is 2. The first-order chi connectivity index (χ1) is 4.83. The molecule has 0 amide bonds. The third-order valence-electron chi connectivity index (χ3n) is 0.934. The van der Waals surface area contributed by atoms with Gasteiger partial charge in [-0.25, -0.2) is 4.98 Å². The second-order valence-electron chi connectivity index (χ2n) is 1.67. The van der Waals surface area contributed by atoms with Crippen molar-refractivity contribution >= 4 is 28.4 Å². The number of anilines is 1. The van der Waals surface area contributed by atoms with Gasteiger partial charge in [-0.05, 0) is 7.05 Å². The van der Waals surface area contributed by atoms with E-state index in [1.807, 2.05) is 12.4 Å². The van der Waals surface area contributed by atoms with Crippen LogP contribution >= 0.6 is 23.3 Å². The smallest absolute Gasteiger partial charge is 0.180 e. The summed E-state index contributed by atoms with van der Waals surface area (Å²) in [6, 6.07) is 0. The minimum Gasteiger partial charge on any atom is -0.375 e. The zero-order chi connectivity index (χ0) is 7.40. The van der Waals surface area contributed by atoms with Gasteiger partial charge in [0.1, 0.15) is 0 Å².